The van der Waals surface area contributed by atoms with Crippen LogP contribution in [0.25, 0.3) is 0 Å². The van der Waals surface area contributed by atoms with Crippen molar-refractivity contribution in [1.82, 2.24) is 9.32 Å². The van der Waals surface area contributed by atoms with E-state index in [0.717, 1.165) is 0 Å². The average molecular weight is 365 g/mol. The maximum Gasteiger partial charge on any atom is 0.245 e. The number of nitrogens with zero attached hydrogens (tertiary/aromatic N) is 2. The van der Waals surface area contributed by atoms with E-state index in [0.29, 0.717) is 39.6 Å². The minimum Gasteiger partial charge on any atom is -0.377 e. The molecular formula is C17H33ClN2O4. The highest BCUT2D eigenvalue weighted by molar-refractivity contribution is 6.17. The molecule has 1 rings (SSSR count). The third-order valence-corrected chi connectivity index (χ3v) is 4.83. The molecule has 0 radical (unpaired) electrons. The molecule has 1 heterocycles. The van der Waals surface area contributed by atoms with Crippen molar-refractivity contribution in [2.45, 2.75) is 65.3 Å². The first-order valence-corrected chi connectivity index (χ1v) is 8.82. The fraction of sp³-hybridized carbons (Fsp3) is 0.941. The zero-order valence-electron chi connectivity index (χ0n) is 16.1. The molecule has 0 aromatic carbocycles. The van der Waals surface area contributed by atoms with E-state index in [4.69, 9.17) is 26.0 Å². The largest absolute Gasteiger partial charge is 0.377 e. The second-order valence-corrected chi connectivity index (χ2v) is 8.31. The molecule has 0 atom stereocenters. The molecule has 0 N–H and O–H groups in total. The van der Waals surface area contributed by atoms with Crippen LogP contribution in [0.3, 0.4) is 0 Å². The number of hydrogen-bond acceptors (Lipinski definition) is 5. The summed E-state index contributed by atoms with van der Waals surface area (Å²) >= 11 is 6.33. The molecule has 0 aromatic rings. The number of rotatable bonds is 9. The average Bonchev–Trinajstić information content (AvgIpc) is 2.56. The lowest BCUT2D eigenvalue weighted by molar-refractivity contribution is -0.134. The highest BCUT2D eigenvalue weighted by Gasteiger charge is 2.55. The lowest BCUT2D eigenvalue weighted by Gasteiger charge is -2.35. The quantitative estimate of drug-likeness (QED) is 0.465. The van der Waals surface area contributed by atoms with Crippen LogP contribution >= 0.6 is 11.8 Å². The van der Waals surface area contributed by atoms with Crippen molar-refractivity contribution in [2.75, 3.05) is 39.6 Å². The van der Waals surface area contributed by atoms with Gasteiger partial charge in [-0.25, -0.2) is 0 Å². The van der Waals surface area contributed by atoms with Gasteiger partial charge in [0.15, 0.2) is 0 Å². The van der Waals surface area contributed by atoms with Crippen LogP contribution in [-0.4, -0.2) is 71.6 Å². The summed E-state index contributed by atoms with van der Waals surface area (Å²) < 4.78 is 18.2. The van der Waals surface area contributed by atoms with E-state index >= 15 is 0 Å². The zero-order chi connectivity index (χ0) is 18.6. The van der Waals surface area contributed by atoms with E-state index in [9.17, 15) is 4.79 Å². The van der Waals surface area contributed by atoms with Crippen molar-refractivity contribution in [3.05, 3.63) is 0 Å². The van der Waals surface area contributed by atoms with Gasteiger partial charge in [0.1, 0.15) is 11.2 Å². The summed E-state index contributed by atoms with van der Waals surface area (Å²) in [4.78, 5) is 14.2. The van der Waals surface area contributed by atoms with Crippen LogP contribution in [0.5, 0.6) is 0 Å². The fourth-order valence-electron chi connectivity index (χ4n) is 2.71. The maximum atomic E-state index is 12.5. The van der Waals surface area contributed by atoms with Gasteiger partial charge < -0.3 is 19.1 Å². The Morgan fingerprint density at radius 1 is 0.958 bits per heavy atom. The summed E-state index contributed by atoms with van der Waals surface area (Å²) in [6.07, 6.45) is 0. The smallest absolute Gasteiger partial charge is 0.245 e. The van der Waals surface area contributed by atoms with Crippen molar-refractivity contribution in [3.8, 4) is 0 Å². The van der Waals surface area contributed by atoms with Crippen molar-refractivity contribution in [2.24, 2.45) is 0 Å². The molecule has 24 heavy (non-hydrogen) atoms. The van der Waals surface area contributed by atoms with Gasteiger partial charge in [0.2, 0.25) is 5.91 Å². The monoisotopic (exact) mass is 364 g/mol. The summed E-state index contributed by atoms with van der Waals surface area (Å²) in [5, 5.41) is 0. The lowest BCUT2D eigenvalue weighted by atomic mass is 10.1. The van der Waals surface area contributed by atoms with E-state index in [-0.39, 0.29) is 11.5 Å². The Hall–Kier alpha value is -0.400. The summed E-state index contributed by atoms with van der Waals surface area (Å²) in [7, 11) is 0. The van der Waals surface area contributed by atoms with Gasteiger partial charge in [0.25, 0.3) is 0 Å². The van der Waals surface area contributed by atoms with Gasteiger partial charge >= 0.3 is 0 Å². The first kappa shape index (κ1) is 21.6. The number of carbonyl (C=O) groups excluding carboxylic acids is 1. The van der Waals surface area contributed by atoms with Crippen LogP contribution in [0.2, 0.25) is 0 Å². The fourth-order valence-corrected chi connectivity index (χ4v) is 2.88. The van der Waals surface area contributed by atoms with Crippen LogP contribution in [0.1, 0.15) is 48.5 Å². The maximum absolute atomic E-state index is 12.5. The number of hydrogen-bond donors (Lipinski definition) is 0. The predicted octanol–water partition coefficient (Wildman–Crippen LogP) is 2.65. The first-order chi connectivity index (χ1) is 10.9. The topological polar surface area (TPSA) is 51.2 Å². The van der Waals surface area contributed by atoms with Gasteiger partial charge in [-0.3, -0.25) is 4.79 Å². The Morgan fingerprint density at radius 2 is 1.46 bits per heavy atom. The molecule has 142 valence electrons. The van der Waals surface area contributed by atoms with Crippen LogP contribution in [0.15, 0.2) is 0 Å². The molecule has 0 aromatic heterocycles. The lowest BCUT2D eigenvalue weighted by Crippen LogP contribution is -2.47. The van der Waals surface area contributed by atoms with Crippen molar-refractivity contribution >= 4 is 17.7 Å². The van der Waals surface area contributed by atoms with Gasteiger partial charge in [0, 0.05) is 6.54 Å². The van der Waals surface area contributed by atoms with E-state index < -0.39 is 11.2 Å². The van der Waals surface area contributed by atoms with Gasteiger partial charge in [-0.05, 0) is 60.2 Å². The number of amides is 1. The minimum absolute atomic E-state index is 0.0154. The zero-order valence-corrected chi connectivity index (χ0v) is 16.9. The van der Waals surface area contributed by atoms with Crippen LogP contribution in [-0.2, 0) is 19.0 Å². The third kappa shape index (κ3) is 5.56. The van der Waals surface area contributed by atoms with E-state index in [1.165, 1.54) is 0 Å². The molecule has 0 unspecified atom stereocenters. The first-order valence-electron chi connectivity index (χ1n) is 8.48. The Labute approximate surface area is 151 Å². The summed E-state index contributed by atoms with van der Waals surface area (Å²) in [5.41, 5.74) is -1.38. The highest BCUT2D eigenvalue weighted by atomic mass is 35.5. The Balaban J connectivity index is 2.19. The molecule has 1 saturated heterocycles. The van der Waals surface area contributed by atoms with Crippen LogP contribution in [0.4, 0.5) is 0 Å². The molecule has 0 saturated carbocycles. The van der Waals surface area contributed by atoms with E-state index in [1.807, 2.05) is 48.5 Å². The Kier molecular flexibility index (Phi) is 7.50. The molecule has 1 aliphatic rings. The van der Waals surface area contributed by atoms with Gasteiger partial charge in [0.05, 0.1) is 38.6 Å². The van der Waals surface area contributed by atoms with Crippen molar-refractivity contribution < 1.29 is 19.0 Å². The SMILES string of the molecule is CC(C)(C)OCCOCCOCCN1C(=O)C(C)(C)N(Cl)C1(C)C. The van der Waals surface area contributed by atoms with Crippen molar-refractivity contribution in [1.29, 1.82) is 0 Å². The van der Waals surface area contributed by atoms with E-state index in [2.05, 4.69) is 0 Å². The molecular weight excluding hydrogens is 332 g/mol. The van der Waals surface area contributed by atoms with Crippen LogP contribution in [0, 0.1) is 0 Å². The van der Waals surface area contributed by atoms with Gasteiger partial charge in [-0.15, -0.1) is 0 Å². The standard InChI is InChI=1S/C17H33ClN2O4/c1-15(2,3)24-13-12-23-11-10-22-9-8-19-14(21)16(4,5)20(18)17(19,6)7/h8-13H2,1-7H3. The van der Waals surface area contributed by atoms with Crippen molar-refractivity contribution in [3.63, 3.8) is 0 Å². The third-order valence-electron chi connectivity index (χ3n) is 3.99. The molecule has 1 amide bonds. The molecule has 1 aliphatic heterocycles. The Bertz CT molecular complexity index is 421. The summed E-state index contributed by atoms with van der Waals surface area (Å²) in [6, 6.07) is 0. The normalized spacial score (nSPS) is 20.8. The molecule has 0 spiro atoms. The van der Waals surface area contributed by atoms with Gasteiger partial charge in [-0.1, -0.05) is 0 Å². The molecule has 0 aliphatic carbocycles. The number of halogens is 1. The molecule has 6 nitrogen and oxygen atoms in total. The van der Waals surface area contributed by atoms with E-state index in [1.54, 1.807) is 9.32 Å². The molecule has 0 bridgehead atoms. The summed E-state index contributed by atoms with van der Waals surface area (Å²) in [5.74, 6) is 0.0154. The van der Waals surface area contributed by atoms with Gasteiger partial charge in [-0.2, -0.15) is 4.42 Å². The molecule has 7 heteroatoms. The number of carbonyl (C=O) groups is 1. The minimum atomic E-state index is -0.707. The second kappa shape index (κ2) is 8.32. The Morgan fingerprint density at radius 3 is 1.92 bits per heavy atom. The second-order valence-electron chi connectivity index (χ2n) is 7.98. The summed E-state index contributed by atoms with van der Waals surface area (Å²) in [6.45, 7) is 16.7. The molecule has 1 fully saturated rings. The van der Waals surface area contributed by atoms with Crippen LogP contribution < -0.4 is 0 Å². The highest BCUT2D eigenvalue weighted by Crippen LogP contribution is 2.39. The predicted molar refractivity (Wildman–Crippen MR) is 94.9 cm³/mol. The number of ether oxygens (including phenoxy) is 3.